The number of hydrogen-bond acceptors (Lipinski definition) is 3. The van der Waals surface area contributed by atoms with Crippen LogP contribution >= 0.6 is 0 Å². The van der Waals surface area contributed by atoms with Gasteiger partial charge >= 0.3 is 0 Å². The van der Waals surface area contributed by atoms with E-state index >= 15 is 0 Å². The maximum atomic E-state index is 13.4. The number of aryl methyl sites for hydroxylation is 3. The third-order valence-corrected chi connectivity index (χ3v) is 8.55. The Kier molecular flexibility index (Phi) is 5.73. The van der Waals surface area contributed by atoms with Gasteiger partial charge in [-0.15, -0.1) is 0 Å². The van der Waals surface area contributed by atoms with Gasteiger partial charge in [-0.3, -0.25) is 4.79 Å². The molecule has 2 aliphatic heterocycles. The zero-order valence-electron chi connectivity index (χ0n) is 18.0. The van der Waals surface area contributed by atoms with Crippen LogP contribution in [0, 0.1) is 26.7 Å². The normalized spacial score (nSPS) is 20.1. The van der Waals surface area contributed by atoms with Gasteiger partial charge in [0.15, 0.2) is 0 Å². The van der Waals surface area contributed by atoms with Crippen LogP contribution in [0.25, 0.3) is 0 Å². The molecular formula is C24H30N2O3S. The minimum Gasteiger partial charge on any atom is -0.338 e. The van der Waals surface area contributed by atoms with Crippen LogP contribution in [0.15, 0.2) is 41.3 Å². The van der Waals surface area contributed by atoms with Crippen molar-refractivity contribution in [1.29, 1.82) is 0 Å². The summed E-state index contributed by atoms with van der Waals surface area (Å²) in [4.78, 5) is 15.6. The summed E-state index contributed by atoms with van der Waals surface area (Å²) in [6.07, 6.45) is 2.32. The molecule has 0 aliphatic carbocycles. The largest absolute Gasteiger partial charge is 0.338 e. The van der Waals surface area contributed by atoms with Crippen molar-refractivity contribution in [2.75, 3.05) is 19.6 Å². The van der Waals surface area contributed by atoms with Crippen LogP contribution < -0.4 is 0 Å². The molecule has 0 saturated carbocycles. The maximum absolute atomic E-state index is 13.4. The van der Waals surface area contributed by atoms with Crippen LogP contribution in [0.3, 0.4) is 0 Å². The van der Waals surface area contributed by atoms with E-state index in [-0.39, 0.29) is 18.4 Å². The van der Waals surface area contributed by atoms with Gasteiger partial charge in [-0.25, -0.2) is 8.42 Å². The smallest absolute Gasteiger partial charge is 0.243 e. The van der Waals surface area contributed by atoms with Crippen LogP contribution in [-0.4, -0.2) is 43.2 Å². The second-order valence-corrected chi connectivity index (χ2v) is 10.6. The van der Waals surface area contributed by atoms with Gasteiger partial charge in [-0.2, -0.15) is 4.31 Å². The van der Waals surface area contributed by atoms with Crippen molar-refractivity contribution in [3.05, 3.63) is 64.2 Å². The van der Waals surface area contributed by atoms with E-state index in [2.05, 4.69) is 12.1 Å². The van der Waals surface area contributed by atoms with Gasteiger partial charge in [-0.1, -0.05) is 42.0 Å². The molecule has 2 heterocycles. The molecule has 0 N–H and O–H groups in total. The monoisotopic (exact) mass is 426 g/mol. The van der Waals surface area contributed by atoms with Crippen molar-refractivity contribution in [3.63, 3.8) is 0 Å². The number of fused-ring (bicyclic) bond motifs is 1. The Labute approximate surface area is 179 Å². The number of amides is 1. The van der Waals surface area contributed by atoms with Crippen molar-refractivity contribution in [2.45, 2.75) is 51.5 Å². The molecular weight excluding hydrogens is 396 g/mol. The van der Waals surface area contributed by atoms with E-state index in [4.69, 9.17) is 0 Å². The van der Waals surface area contributed by atoms with Crippen LogP contribution in [0.5, 0.6) is 0 Å². The average Bonchev–Trinajstić information content (AvgIpc) is 2.72. The topological polar surface area (TPSA) is 57.7 Å². The molecule has 0 unspecified atom stereocenters. The van der Waals surface area contributed by atoms with Crippen LogP contribution in [0.4, 0.5) is 0 Å². The molecule has 5 nitrogen and oxygen atoms in total. The highest BCUT2D eigenvalue weighted by Crippen LogP contribution is 2.30. The Morgan fingerprint density at radius 1 is 1.00 bits per heavy atom. The molecule has 1 saturated heterocycles. The molecule has 0 spiro atoms. The molecule has 1 fully saturated rings. The maximum Gasteiger partial charge on any atom is 0.243 e. The van der Waals surface area contributed by atoms with E-state index in [1.807, 2.05) is 49.9 Å². The highest BCUT2D eigenvalue weighted by molar-refractivity contribution is 7.89. The van der Waals surface area contributed by atoms with Gasteiger partial charge < -0.3 is 4.90 Å². The summed E-state index contributed by atoms with van der Waals surface area (Å²) in [5.41, 5.74) is 5.10. The summed E-state index contributed by atoms with van der Waals surface area (Å²) in [5, 5.41) is 0. The number of sulfonamides is 1. The van der Waals surface area contributed by atoms with Crippen LogP contribution in [0.2, 0.25) is 0 Å². The van der Waals surface area contributed by atoms with E-state index in [0.29, 0.717) is 31.0 Å². The second-order valence-electron chi connectivity index (χ2n) is 8.71. The molecule has 1 amide bonds. The van der Waals surface area contributed by atoms with Crippen LogP contribution in [-0.2, 0) is 27.8 Å². The minimum atomic E-state index is -3.62. The Morgan fingerprint density at radius 2 is 1.67 bits per heavy atom. The molecule has 4 rings (SSSR count). The van der Waals surface area contributed by atoms with Crippen LogP contribution in [0.1, 0.15) is 40.7 Å². The molecule has 160 valence electrons. The number of hydrogen-bond donors (Lipinski definition) is 0. The predicted molar refractivity (Wildman–Crippen MR) is 118 cm³/mol. The first-order valence-corrected chi connectivity index (χ1v) is 12.1. The fraction of sp³-hybridized carbons (Fsp3) is 0.458. The standard InChI is InChI=1S/C24H30N2O3S/c1-17-13-18(2)23(19(3)14-17)30(28,29)26-11-6-9-22(16-26)24(27)25-12-10-20-7-4-5-8-21(20)15-25/h4-5,7-8,13-14,22H,6,9-12,15-16H2,1-3H3/t22-/m0/s1. The number of benzene rings is 2. The van der Waals surface area contributed by atoms with Crippen molar-refractivity contribution in [3.8, 4) is 0 Å². The van der Waals surface area contributed by atoms with E-state index in [1.54, 1.807) is 0 Å². The lowest BCUT2D eigenvalue weighted by Crippen LogP contribution is -2.47. The van der Waals surface area contributed by atoms with Crippen molar-refractivity contribution < 1.29 is 13.2 Å². The van der Waals surface area contributed by atoms with E-state index in [1.165, 1.54) is 15.4 Å². The molecule has 2 aliphatic rings. The molecule has 2 aromatic rings. The quantitative estimate of drug-likeness (QED) is 0.754. The SMILES string of the molecule is Cc1cc(C)c(S(=O)(=O)N2CCC[C@H](C(=O)N3CCc4ccccc4C3)C2)c(C)c1. The molecule has 0 aromatic heterocycles. The molecule has 2 aromatic carbocycles. The van der Waals surface area contributed by atoms with Crippen molar-refractivity contribution in [2.24, 2.45) is 5.92 Å². The fourth-order valence-corrected chi connectivity index (χ4v) is 6.94. The third kappa shape index (κ3) is 3.91. The van der Waals surface area contributed by atoms with Gasteiger partial charge in [-0.05, 0) is 62.3 Å². The van der Waals surface area contributed by atoms with Crippen molar-refractivity contribution in [1.82, 2.24) is 9.21 Å². The predicted octanol–water partition coefficient (Wildman–Crippen LogP) is 3.60. The lowest BCUT2D eigenvalue weighted by atomic mass is 9.95. The second kappa shape index (κ2) is 8.16. The Bertz CT molecular complexity index is 1050. The first-order chi connectivity index (χ1) is 14.3. The van der Waals surface area contributed by atoms with Gasteiger partial charge in [0.2, 0.25) is 15.9 Å². The zero-order valence-corrected chi connectivity index (χ0v) is 18.8. The number of nitrogens with zero attached hydrogens (tertiary/aromatic N) is 2. The van der Waals surface area contributed by atoms with Gasteiger partial charge in [0.1, 0.15) is 0 Å². The number of piperidine rings is 1. The van der Waals surface area contributed by atoms with Gasteiger partial charge in [0.25, 0.3) is 0 Å². The Morgan fingerprint density at radius 3 is 2.37 bits per heavy atom. The third-order valence-electron chi connectivity index (χ3n) is 6.38. The van der Waals surface area contributed by atoms with E-state index < -0.39 is 10.0 Å². The number of carbonyl (C=O) groups is 1. The first-order valence-electron chi connectivity index (χ1n) is 10.7. The minimum absolute atomic E-state index is 0.0850. The fourth-order valence-electron chi connectivity index (χ4n) is 5.01. The molecule has 30 heavy (non-hydrogen) atoms. The summed E-state index contributed by atoms with van der Waals surface area (Å²) in [5.74, 6) is -0.188. The molecule has 0 bridgehead atoms. The molecule has 6 heteroatoms. The van der Waals surface area contributed by atoms with E-state index in [0.717, 1.165) is 29.5 Å². The number of carbonyl (C=O) groups excluding carboxylic acids is 1. The lowest BCUT2D eigenvalue weighted by molar-refractivity contribution is -0.137. The lowest BCUT2D eigenvalue weighted by Gasteiger charge is -2.36. The number of rotatable bonds is 3. The van der Waals surface area contributed by atoms with Gasteiger partial charge in [0, 0.05) is 26.2 Å². The average molecular weight is 427 g/mol. The highest BCUT2D eigenvalue weighted by Gasteiger charge is 2.36. The summed E-state index contributed by atoms with van der Waals surface area (Å²) in [6.45, 7) is 7.75. The zero-order chi connectivity index (χ0) is 21.5. The highest BCUT2D eigenvalue weighted by atomic mass is 32.2. The van der Waals surface area contributed by atoms with E-state index in [9.17, 15) is 13.2 Å². The van der Waals surface area contributed by atoms with Gasteiger partial charge in [0.05, 0.1) is 10.8 Å². The first kappa shape index (κ1) is 21.1. The summed E-state index contributed by atoms with van der Waals surface area (Å²) >= 11 is 0. The molecule has 0 radical (unpaired) electrons. The Balaban J connectivity index is 1.53. The summed E-state index contributed by atoms with van der Waals surface area (Å²) in [7, 11) is -3.62. The summed E-state index contributed by atoms with van der Waals surface area (Å²) in [6, 6.07) is 12.1. The molecule has 1 atom stereocenters. The summed E-state index contributed by atoms with van der Waals surface area (Å²) < 4.78 is 28.4. The van der Waals surface area contributed by atoms with Crippen molar-refractivity contribution >= 4 is 15.9 Å². The Hall–Kier alpha value is -2.18.